The highest BCUT2D eigenvalue weighted by Crippen LogP contribution is 2.29. The third-order valence-corrected chi connectivity index (χ3v) is 4.33. The lowest BCUT2D eigenvalue weighted by Crippen LogP contribution is -1.93. The summed E-state index contributed by atoms with van der Waals surface area (Å²) in [6, 6.07) is 14.1. The van der Waals surface area contributed by atoms with Crippen molar-refractivity contribution in [3.63, 3.8) is 0 Å². The highest BCUT2D eigenvalue weighted by Gasteiger charge is 2.20. The van der Waals surface area contributed by atoms with Crippen LogP contribution in [0.25, 0.3) is 0 Å². The second-order valence-corrected chi connectivity index (χ2v) is 5.65. The predicted octanol–water partition coefficient (Wildman–Crippen LogP) is 4.26. The van der Waals surface area contributed by atoms with E-state index in [0.29, 0.717) is 5.69 Å². The molecule has 2 aliphatic carbocycles. The highest BCUT2D eigenvalue weighted by molar-refractivity contribution is 5.47. The van der Waals surface area contributed by atoms with Gasteiger partial charge in [-0.2, -0.15) is 0 Å². The maximum absolute atomic E-state index is 10.6. The summed E-state index contributed by atoms with van der Waals surface area (Å²) in [5.41, 5.74) is 5.53. The molecule has 3 nitrogen and oxygen atoms in total. The molecule has 2 aliphatic rings. The maximum Gasteiger partial charge on any atom is 0.272 e. The molecular formula is C18H19NO2. The molecule has 0 radical (unpaired) electrons. The van der Waals surface area contributed by atoms with Crippen LogP contribution in [0.4, 0.5) is 5.69 Å². The molecule has 0 amide bonds. The zero-order valence-electron chi connectivity index (χ0n) is 12.0. The number of nitro groups is 1. The van der Waals surface area contributed by atoms with E-state index in [1.807, 2.05) is 6.07 Å². The molecule has 0 aliphatic heterocycles. The molecule has 3 heteroatoms. The summed E-state index contributed by atoms with van der Waals surface area (Å²) >= 11 is 0. The fraction of sp³-hybridized carbons (Fsp3) is 0.333. The Morgan fingerprint density at radius 1 is 0.762 bits per heavy atom. The number of rotatable bonds is 1. The van der Waals surface area contributed by atoms with Crippen LogP contribution in [0.2, 0.25) is 0 Å². The van der Waals surface area contributed by atoms with Crippen molar-refractivity contribution in [2.45, 2.75) is 38.5 Å². The maximum atomic E-state index is 10.6. The summed E-state index contributed by atoms with van der Waals surface area (Å²) in [5, 5.41) is 10.6. The first-order valence-electron chi connectivity index (χ1n) is 7.57. The molecule has 0 N–H and O–H groups in total. The molecule has 0 heterocycles. The van der Waals surface area contributed by atoms with E-state index in [-0.39, 0.29) is 4.92 Å². The normalized spacial score (nSPS) is 14.9. The van der Waals surface area contributed by atoms with E-state index in [1.165, 1.54) is 19.3 Å². The second kappa shape index (κ2) is 6.08. The van der Waals surface area contributed by atoms with Gasteiger partial charge in [-0.25, -0.2) is 0 Å². The van der Waals surface area contributed by atoms with E-state index in [2.05, 4.69) is 24.3 Å². The van der Waals surface area contributed by atoms with Gasteiger partial charge in [0.1, 0.15) is 0 Å². The van der Waals surface area contributed by atoms with Crippen molar-refractivity contribution in [1.29, 1.82) is 0 Å². The van der Waals surface area contributed by atoms with Gasteiger partial charge in [-0.1, -0.05) is 36.4 Å². The smallest absolute Gasteiger partial charge is 0.258 e. The molecule has 0 saturated carbocycles. The lowest BCUT2D eigenvalue weighted by atomic mass is 10.1. The van der Waals surface area contributed by atoms with E-state index in [0.717, 1.165) is 30.4 Å². The van der Waals surface area contributed by atoms with Crippen LogP contribution in [0.3, 0.4) is 0 Å². The van der Waals surface area contributed by atoms with Crippen LogP contribution in [-0.4, -0.2) is 4.92 Å². The molecular weight excluding hydrogens is 262 g/mol. The summed E-state index contributed by atoms with van der Waals surface area (Å²) in [6.45, 7) is 0. The number of fused-ring (bicyclic) bond motifs is 2. The number of hydrogen-bond acceptors (Lipinski definition) is 2. The lowest BCUT2D eigenvalue weighted by molar-refractivity contribution is -0.385. The standard InChI is InChI=1S/C9H9NO2.C9H10/c11-10(12)9-6-2-4-7-3-1-5-8(7)9;1-2-5-9-7-3-6-8(9)4-1/h2,4,6H,1,3,5H2;1-2,4-5H,3,6-7H2. The molecule has 0 bridgehead atoms. The van der Waals surface area contributed by atoms with Crippen LogP contribution in [0.5, 0.6) is 0 Å². The Balaban J connectivity index is 0.000000131. The first kappa shape index (κ1) is 13.8. The van der Waals surface area contributed by atoms with Gasteiger partial charge in [-0.05, 0) is 55.2 Å². The van der Waals surface area contributed by atoms with Gasteiger partial charge < -0.3 is 0 Å². The van der Waals surface area contributed by atoms with Gasteiger partial charge in [0.2, 0.25) is 0 Å². The summed E-state index contributed by atoms with van der Waals surface area (Å²) in [6.07, 6.45) is 6.88. The van der Waals surface area contributed by atoms with E-state index in [1.54, 1.807) is 23.3 Å². The minimum Gasteiger partial charge on any atom is -0.258 e. The van der Waals surface area contributed by atoms with Crippen molar-refractivity contribution in [1.82, 2.24) is 0 Å². The predicted molar refractivity (Wildman–Crippen MR) is 83.6 cm³/mol. The summed E-state index contributed by atoms with van der Waals surface area (Å²) in [7, 11) is 0. The summed E-state index contributed by atoms with van der Waals surface area (Å²) in [4.78, 5) is 10.3. The van der Waals surface area contributed by atoms with Gasteiger partial charge >= 0.3 is 0 Å². The van der Waals surface area contributed by atoms with Crippen LogP contribution in [0.1, 0.15) is 35.1 Å². The topological polar surface area (TPSA) is 43.1 Å². The van der Waals surface area contributed by atoms with Gasteiger partial charge in [0.25, 0.3) is 5.69 Å². The van der Waals surface area contributed by atoms with Crippen molar-refractivity contribution < 1.29 is 4.92 Å². The van der Waals surface area contributed by atoms with E-state index >= 15 is 0 Å². The molecule has 0 unspecified atom stereocenters. The van der Waals surface area contributed by atoms with E-state index < -0.39 is 0 Å². The monoisotopic (exact) mass is 281 g/mol. The number of nitrogens with zero attached hydrogens (tertiary/aromatic N) is 1. The number of aryl methyl sites for hydroxylation is 3. The molecule has 4 rings (SSSR count). The van der Waals surface area contributed by atoms with Crippen LogP contribution < -0.4 is 0 Å². The molecule has 0 aromatic heterocycles. The molecule has 2 aromatic carbocycles. The van der Waals surface area contributed by atoms with Gasteiger partial charge in [0.15, 0.2) is 0 Å². The largest absolute Gasteiger partial charge is 0.272 e. The lowest BCUT2D eigenvalue weighted by Gasteiger charge is -1.98. The Morgan fingerprint density at radius 3 is 2.00 bits per heavy atom. The van der Waals surface area contributed by atoms with Crippen LogP contribution in [0, 0.1) is 10.1 Å². The zero-order valence-corrected chi connectivity index (χ0v) is 12.0. The SMILES string of the molecule is O=[N+]([O-])c1cccc2c1CCC2.c1ccc2c(c1)CCC2. The van der Waals surface area contributed by atoms with Crippen LogP contribution in [0.15, 0.2) is 42.5 Å². The molecule has 2 aromatic rings. The van der Waals surface area contributed by atoms with Gasteiger partial charge in [0, 0.05) is 11.6 Å². The Hall–Kier alpha value is -2.16. The van der Waals surface area contributed by atoms with Crippen molar-refractivity contribution in [3.8, 4) is 0 Å². The van der Waals surface area contributed by atoms with Crippen molar-refractivity contribution >= 4 is 5.69 Å². The Morgan fingerprint density at radius 2 is 1.33 bits per heavy atom. The summed E-state index contributed by atoms with van der Waals surface area (Å²) in [5.74, 6) is 0. The molecule has 0 spiro atoms. The van der Waals surface area contributed by atoms with Crippen molar-refractivity contribution in [2.75, 3.05) is 0 Å². The van der Waals surface area contributed by atoms with E-state index in [9.17, 15) is 10.1 Å². The third-order valence-electron chi connectivity index (χ3n) is 4.33. The Kier molecular flexibility index (Phi) is 4.00. The molecule has 108 valence electrons. The Labute approximate surface area is 124 Å². The molecule has 0 fully saturated rings. The van der Waals surface area contributed by atoms with Gasteiger partial charge in [-0.15, -0.1) is 0 Å². The van der Waals surface area contributed by atoms with Crippen LogP contribution in [-0.2, 0) is 25.7 Å². The number of hydrogen-bond donors (Lipinski definition) is 0. The Bertz CT molecular complexity index is 641. The van der Waals surface area contributed by atoms with Gasteiger partial charge in [-0.3, -0.25) is 10.1 Å². The highest BCUT2D eigenvalue weighted by atomic mass is 16.6. The minimum absolute atomic E-state index is 0.288. The van der Waals surface area contributed by atoms with Crippen LogP contribution >= 0.6 is 0 Å². The third kappa shape index (κ3) is 2.97. The number of benzene rings is 2. The summed E-state index contributed by atoms with van der Waals surface area (Å²) < 4.78 is 0. The first-order valence-corrected chi connectivity index (χ1v) is 7.57. The van der Waals surface area contributed by atoms with Crippen molar-refractivity contribution in [3.05, 3.63) is 74.8 Å². The number of nitro benzene ring substituents is 1. The average Bonchev–Trinajstić information content (AvgIpc) is 3.16. The first-order chi connectivity index (χ1) is 10.3. The van der Waals surface area contributed by atoms with Gasteiger partial charge in [0.05, 0.1) is 4.92 Å². The minimum atomic E-state index is -0.288. The second-order valence-electron chi connectivity index (χ2n) is 5.65. The molecule has 0 atom stereocenters. The van der Waals surface area contributed by atoms with E-state index in [4.69, 9.17) is 0 Å². The quantitative estimate of drug-likeness (QED) is 0.579. The fourth-order valence-electron chi connectivity index (χ4n) is 3.29. The molecule has 21 heavy (non-hydrogen) atoms. The fourth-order valence-corrected chi connectivity index (χ4v) is 3.29. The zero-order chi connectivity index (χ0) is 14.7. The average molecular weight is 281 g/mol. The van der Waals surface area contributed by atoms with Crippen molar-refractivity contribution in [2.24, 2.45) is 0 Å². The molecule has 0 saturated heterocycles.